The van der Waals surface area contributed by atoms with Gasteiger partial charge in [-0.05, 0) is 86.5 Å². The molecule has 0 bridgehead atoms. The molecule has 0 amide bonds. The summed E-state index contributed by atoms with van der Waals surface area (Å²) in [5.41, 5.74) is 7.12. The van der Waals surface area contributed by atoms with Crippen LogP contribution in [0.25, 0.3) is 0 Å². The van der Waals surface area contributed by atoms with Crippen LogP contribution in [0.3, 0.4) is 0 Å². The van der Waals surface area contributed by atoms with Crippen LogP contribution in [0, 0.1) is 0 Å². The number of rotatable bonds is 10. The normalized spacial score (nSPS) is 14.8. The Morgan fingerprint density at radius 1 is 0.735 bits per heavy atom. The number of carbonyl (C=O) groups excluding carboxylic acids is 2. The summed E-state index contributed by atoms with van der Waals surface area (Å²) in [7, 11) is 0. The SMILES string of the molecule is CCOC(=O)C1=CCC(CCC=C(C)C)=CC1.CCOC(=O)C1=CCC=C(CCC=C(C)C)C1. The first-order valence-electron chi connectivity index (χ1n) is 12.6. The molecular formula is C30H44O4. The van der Waals surface area contributed by atoms with Gasteiger partial charge in [0, 0.05) is 17.6 Å². The Morgan fingerprint density at radius 3 is 1.79 bits per heavy atom. The van der Waals surface area contributed by atoms with Crippen molar-refractivity contribution in [2.24, 2.45) is 0 Å². The van der Waals surface area contributed by atoms with Crippen molar-refractivity contribution < 1.29 is 19.1 Å². The van der Waals surface area contributed by atoms with Gasteiger partial charge in [-0.3, -0.25) is 0 Å². The zero-order chi connectivity index (χ0) is 25.3. The molecule has 0 saturated heterocycles. The van der Waals surface area contributed by atoms with Crippen molar-refractivity contribution in [3.05, 3.63) is 69.9 Å². The van der Waals surface area contributed by atoms with Crippen LogP contribution < -0.4 is 0 Å². The molecule has 0 saturated carbocycles. The molecule has 0 atom stereocenters. The third kappa shape index (κ3) is 12.6. The number of ether oxygens (including phenoxy) is 2. The molecule has 0 aromatic carbocycles. The summed E-state index contributed by atoms with van der Waals surface area (Å²) in [6, 6.07) is 0. The molecule has 2 rings (SSSR count). The fourth-order valence-corrected chi connectivity index (χ4v) is 3.69. The molecule has 188 valence electrons. The van der Waals surface area contributed by atoms with Gasteiger partial charge in [-0.1, -0.05) is 58.7 Å². The van der Waals surface area contributed by atoms with E-state index in [0.717, 1.165) is 62.5 Å². The molecule has 34 heavy (non-hydrogen) atoms. The van der Waals surface area contributed by atoms with Crippen LogP contribution in [0.2, 0.25) is 0 Å². The maximum atomic E-state index is 11.6. The van der Waals surface area contributed by atoms with Gasteiger partial charge in [-0.25, -0.2) is 9.59 Å². The Morgan fingerprint density at radius 2 is 1.29 bits per heavy atom. The summed E-state index contributed by atoms with van der Waals surface area (Å²) in [6.07, 6.45) is 20.4. The molecule has 4 heteroatoms. The summed E-state index contributed by atoms with van der Waals surface area (Å²) in [4.78, 5) is 23.1. The third-order valence-corrected chi connectivity index (χ3v) is 5.52. The average molecular weight is 469 g/mol. The van der Waals surface area contributed by atoms with Gasteiger partial charge < -0.3 is 9.47 Å². The molecule has 0 unspecified atom stereocenters. The minimum atomic E-state index is -0.160. The minimum Gasteiger partial charge on any atom is -0.463 e. The standard InChI is InChI=1S/2C15H22O2/c1-4-17-15(16)14-10-6-9-13(11-14)8-5-7-12(2)3;1-4-17-15(16)14-10-8-13(9-11-14)7-5-6-12(2)3/h7,9-10H,4-6,8,11H2,1-3H3;6,8,11H,4-5,7,9-10H2,1-3H3. The van der Waals surface area contributed by atoms with Gasteiger partial charge in [0.2, 0.25) is 0 Å². The van der Waals surface area contributed by atoms with E-state index in [4.69, 9.17) is 9.47 Å². The zero-order valence-corrected chi connectivity index (χ0v) is 22.2. The lowest BCUT2D eigenvalue weighted by Crippen LogP contribution is -2.10. The summed E-state index contributed by atoms with van der Waals surface area (Å²) in [5.74, 6) is -0.313. The summed E-state index contributed by atoms with van der Waals surface area (Å²) < 4.78 is 10.0. The first-order chi connectivity index (χ1) is 16.3. The molecule has 0 N–H and O–H groups in total. The van der Waals surface area contributed by atoms with Crippen LogP contribution >= 0.6 is 0 Å². The maximum Gasteiger partial charge on any atom is 0.334 e. The second kappa shape index (κ2) is 16.9. The fourth-order valence-electron chi connectivity index (χ4n) is 3.69. The van der Waals surface area contributed by atoms with Gasteiger partial charge >= 0.3 is 11.9 Å². The van der Waals surface area contributed by atoms with Gasteiger partial charge in [0.25, 0.3) is 0 Å². The van der Waals surface area contributed by atoms with Crippen molar-refractivity contribution >= 4 is 11.9 Å². The molecular weight excluding hydrogens is 424 g/mol. The van der Waals surface area contributed by atoms with Gasteiger partial charge in [-0.2, -0.15) is 0 Å². The van der Waals surface area contributed by atoms with E-state index >= 15 is 0 Å². The summed E-state index contributed by atoms with van der Waals surface area (Å²) in [5, 5.41) is 0. The zero-order valence-electron chi connectivity index (χ0n) is 22.2. The van der Waals surface area contributed by atoms with Crippen LogP contribution in [0.4, 0.5) is 0 Å². The molecule has 0 spiro atoms. The quantitative estimate of drug-likeness (QED) is 0.242. The number of allylic oxidation sites excluding steroid dienone is 10. The van der Waals surface area contributed by atoms with Crippen molar-refractivity contribution in [2.75, 3.05) is 13.2 Å². The minimum absolute atomic E-state index is 0.152. The van der Waals surface area contributed by atoms with Crippen molar-refractivity contribution in [1.29, 1.82) is 0 Å². The maximum absolute atomic E-state index is 11.6. The lowest BCUT2D eigenvalue weighted by Gasteiger charge is -2.13. The van der Waals surface area contributed by atoms with E-state index < -0.39 is 0 Å². The highest BCUT2D eigenvalue weighted by molar-refractivity contribution is 5.89. The molecule has 0 fully saturated rings. The van der Waals surface area contributed by atoms with Gasteiger partial charge in [-0.15, -0.1) is 0 Å². The topological polar surface area (TPSA) is 52.6 Å². The van der Waals surface area contributed by atoms with Crippen molar-refractivity contribution in [2.45, 2.75) is 92.9 Å². The van der Waals surface area contributed by atoms with Crippen molar-refractivity contribution in [3.63, 3.8) is 0 Å². The molecule has 0 radical (unpaired) electrons. The molecule has 0 aromatic heterocycles. The van der Waals surface area contributed by atoms with Crippen LogP contribution in [-0.4, -0.2) is 25.2 Å². The van der Waals surface area contributed by atoms with E-state index in [-0.39, 0.29) is 11.9 Å². The Bertz CT molecular complexity index is 854. The number of carbonyl (C=O) groups is 2. The van der Waals surface area contributed by atoms with Gasteiger partial charge in [0.1, 0.15) is 0 Å². The average Bonchev–Trinajstić information content (AvgIpc) is 2.80. The Hall–Kier alpha value is -2.62. The van der Waals surface area contributed by atoms with Crippen LogP contribution in [0.15, 0.2) is 69.9 Å². The first kappa shape index (κ1) is 29.4. The number of hydrogen-bond acceptors (Lipinski definition) is 4. The lowest BCUT2D eigenvalue weighted by atomic mass is 9.94. The van der Waals surface area contributed by atoms with Crippen LogP contribution in [0.5, 0.6) is 0 Å². The number of esters is 2. The molecule has 2 aliphatic carbocycles. The summed E-state index contributed by atoms with van der Waals surface area (Å²) in [6.45, 7) is 13.0. The Labute approximate surface area is 207 Å². The second-order valence-corrected chi connectivity index (χ2v) is 9.09. The van der Waals surface area contributed by atoms with Crippen molar-refractivity contribution in [3.8, 4) is 0 Å². The Balaban J connectivity index is 0.000000340. The Kier molecular flexibility index (Phi) is 14.6. The van der Waals surface area contributed by atoms with E-state index in [1.54, 1.807) is 0 Å². The van der Waals surface area contributed by atoms with Crippen LogP contribution in [-0.2, 0) is 19.1 Å². The van der Waals surface area contributed by atoms with Gasteiger partial charge in [0.05, 0.1) is 13.2 Å². The number of hydrogen-bond donors (Lipinski definition) is 0. The molecule has 0 heterocycles. The lowest BCUT2D eigenvalue weighted by molar-refractivity contribution is -0.139. The highest BCUT2D eigenvalue weighted by Crippen LogP contribution is 2.24. The van der Waals surface area contributed by atoms with E-state index in [9.17, 15) is 9.59 Å². The predicted octanol–water partition coefficient (Wildman–Crippen LogP) is 7.89. The van der Waals surface area contributed by atoms with E-state index in [2.05, 4.69) is 52.0 Å². The predicted molar refractivity (Wildman–Crippen MR) is 141 cm³/mol. The van der Waals surface area contributed by atoms with Crippen molar-refractivity contribution in [1.82, 2.24) is 0 Å². The summed E-state index contributed by atoms with van der Waals surface area (Å²) >= 11 is 0. The monoisotopic (exact) mass is 468 g/mol. The second-order valence-electron chi connectivity index (χ2n) is 9.09. The van der Waals surface area contributed by atoms with E-state index in [1.807, 2.05) is 26.0 Å². The highest BCUT2D eigenvalue weighted by atomic mass is 16.5. The molecule has 4 nitrogen and oxygen atoms in total. The van der Waals surface area contributed by atoms with E-state index in [0.29, 0.717) is 13.2 Å². The molecule has 0 aromatic rings. The third-order valence-electron chi connectivity index (χ3n) is 5.52. The molecule has 2 aliphatic rings. The fraction of sp³-hybridized carbons (Fsp3) is 0.533. The van der Waals surface area contributed by atoms with Gasteiger partial charge in [0.15, 0.2) is 0 Å². The molecule has 0 aliphatic heterocycles. The van der Waals surface area contributed by atoms with Crippen LogP contribution in [0.1, 0.15) is 92.9 Å². The van der Waals surface area contributed by atoms with E-state index in [1.165, 1.54) is 22.3 Å². The highest BCUT2D eigenvalue weighted by Gasteiger charge is 2.15. The smallest absolute Gasteiger partial charge is 0.334 e. The largest absolute Gasteiger partial charge is 0.463 e. The first-order valence-corrected chi connectivity index (χ1v) is 12.6.